The monoisotopic (exact) mass is 407 g/mol. The number of piperidine rings is 1. The molecule has 1 unspecified atom stereocenters. The molecule has 3 rings (SSSR count). The highest BCUT2D eigenvalue weighted by Crippen LogP contribution is 2.30. The minimum Gasteiger partial charge on any atom is -0.355 e. The molecule has 9 heteroatoms. The van der Waals surface area contributed by atoms with Gasteiger partial charge in [0, 0.05) is 44.9 Å². The number of hydrogen-bond donors (Lipinski definition) is 1. The Hall–Kier alpha value is -2.68. The van der Waals surface area contributed by atoms with Crippen LogP contribution >= 0.6 is 0 Å². The average molecular weight is 407 g/mol. The zero-order valence-corrected chi connectivity index (χ0v) is 16.4. The number of amides is 1. The fourth-order valence-corrected chi connectivity index (χ4v) is 3.53. The fourth-order valence-electron chi connectivity index (χ4n) is 3.53. The molecule has 0 radical (unpaired) electrons. The summed E-state index contributed by atoms with van der Waals surface area (Å²) < 4.78 is 38.8. The number of halogens is 3. The highest BCUT2D eigenvalue weighted by atomic mass is 19.4. The summed E-state index contributed by atoms with van der Waals surface area (Å²) in [5, 5.41) is 2.74. The molecule has 0 bridgehead atoms. The van der Waals surface area contributed by atoms with Crippen LogP contribution in [0.15, 0.2) is 36.7 Å². The average Bonchev–Trinajstić information content (AvgIpc) is 2.68. The smallest absolute Gasteiger partial charge is 0.355 e. The van der Waals surface area contributed by atoms with Crippen LogP contribution in [0.4, 0.5) is 24.7 Å². The summed E-state index contributed by atoms with van der Waals surface area (Å²) in [6.45, 7) is 3.86. The Morgan fingerprint density at radius 1 is 1.28 bits per heavy atom. The molecule has 1 N–H and O–H groups in total. The molecule has 1 aliphatic rings. The Bertz CT molecular complexity index is 841. The van der Waals surface area contributed by atoms with E-state index in [1.165, 1.54) is 6.92 Å². The number of nitrogens with one attached hydrogen (secondary N) is 1. The number of anilines is 2. The van der Waals surface area contributed by atoms with E-state index >= 15 is 0 Å². The summed E-state index contributed by atoms with van der Waals surface area (Å²) in [4.78, 5) is 22.6. The van der Waals surface area contributed by atoms with Gasteiger partial charge in [-0.05, 0) is 37.1 Å². The summed E-state index contributed by atoms with van der Waals surface area (Å²) in [6.07, 6.45) is -1.68. The Kier molecular flexibility index (Phi) is 6.36. The molecule has 29 heavy (non-hydrogen) atoms. The molecule has 1 amide bonds. The van der Waals surface area contributed by atoms with E-state index in [0.717, 1.165) is 56.1 Å². The second-order valence-corrected chi connectivity index (χ2v) is 7.28. The maximum absolute atomic E-state index is 12.9. The molecule has 156 valence electrons. The first-order chi connectivity index (χ1) is 13.7. The van der Waals surface area contributed by atoms with E-state index < -0.39 is 11.9 Å². The van der Waals surface area contributed by atoms with Crippen LogP contribution in [0.2, 0.25) is 0 Å². The van der Waals surface area contributed by atoms with E-state index in [0.29, 0.717) is 0 Å². The van der Waals surface area contributed by atoms with Crippen molar-refractivity contribution in [1.82, 2.24) is 14.9 Å². The van der Waals surface area contributed by atoms with E-state index in [1.807, 2.05) is 29.2 Å². The summed E-state index contributed by atoms with van der Waals surface area (Å²) >= 11 is 0. The standard InChI is InChI=1S/C20H24F3N5O/c1-14(29)26-16-7-5-15(6-8-16)11-28-9-3-4-17(12-28)27(2)19-10-18(20(21,22)23)24-13-25-19/h5-8,10,13,17H,3-4,9,11-12H2,1-2H3,(H,26,29). The predicted molar refractivity (Wildman–Crippen MR) is 104 cm³/mol. The minimum absolute atomic E-state index is 0.0680. The molecule has 1 fully saturated rings. The minimum atomic E-state index is -4.49. The number of carbonyl (C=O) groups excluding carboxylic acids is 1. The van der Waals surface area contributed by atoms with Crippen molar-refractivity contribution in [1.29, 1.82) is 0 Å². The molecular formula is C20H24F3N5O. The molecule has 1 aliphatic heterocycles. The number of nitrogens with zero attached hydrogens (tertiary/aromatic N) is 4. The number of carbonyl (C=O) groups is 1. The van der Waals surface area contributed by atoms with Gasteiger partial charge in [-0.3, -0.25) is 9.69 Å². The predicted octanol–water partition coefficient (Wildman–Crippen LogP) is 3.55. The first-order valence-electron chi connectivity index (χ1n) is 9.43. The number of likely N-dealkylation sites (N-methyl/N-ethyl adjacent to an activating group) is 1. The first kappa shape index (κ1) is 21.0. The van der Waals surface area contributed by atoms with Crippen LogP contribution in [-0.4, -0.2) is 47.0 Å². The van der Waals surface area contributed by atoms with Crippen molar-refractivity contribution < 1.29 is 18.0 Å². The van der Waals surface area contributed by atoms with Gasteiger partial charge in [-0.25, -0.2) is 9.97 Å². The van der Waals surface area contributed by atoms with Gasteiger partial charge in [-0.1, -0.05) is 12.1 Å². The molecule has 0 saturated carbocycles. The van der Waals surface area contributed by atoms with Crippen molar-refractivity contribution in [2.75, 3.05) is 30.4 Å². The Morgan fingerprint density at radius 3 is 2.66 bits per heavy atom. The van der Waals surface area contributed by atoms with Gasteiger partial charge in [0.2, 0.25) is 5.91 Å². The molecule has 2 aromatic rings. The lowest BCUT2D eigenvalue weighted by atomic mass is 10.0. The Morgan fingerprint density at radius 2 is 2.00 bits per heavy atom. The van der Waals surface area contributed by atoms with Crippen molar-refractivity contribution >= 4 is 17.4 Å². The third-order valence-corrected chi connectivity index (χ3v) is 5.01. The van der Waals surface area contributed by atoms with Crippen molar-refractivity contribution in [2.45, 2.75) is 38.5 Å². The normalized spacial score (nSPS) is 17.8. The zero-order chi connectivity index (χ0) is 21.0. The molecule has 6 nitrogen and oxygen atoms in total. The third kappa shape index (κ3) is 5.66. The van der Waals surface area contributed by atoms with E-state index in [9.17, 15) is 18.0 Å². The van der Waals surface area contributed by atoms with Crippen LogP contribution in [0, 0.1) is 0 Å². The highest BCUT2D eigenvalue weighted by Gasteiger charge is 2.33. The Labute approximate surface area is 167 Å². The van der Waals surface area contributed by atoms with Crippen LogP contribution in [0.3, 0.4) is 0 Å². The van der Waals surface area contributed by atoms with Gasteiger partial charge in [-0.2, -0.15) is 13.2 Å². The van der Waals surface area contributed by atoms with Crippen molar-refractivity contribution in [3.8, 4) is 0 Å². The van der Waals surface area contributed by atoms with Crippen molar-refractivity contribution in [3.63, 3.8) is 0 Å². The third-order valence-electron chi connectivity index (χ3n) is 5.01. The van der Waals surface area contributed by atoms with Crippen molar-refractivity contribution in [3.05, 3.63) is 47.9 Å². The summed E-state index contributed by atoms with van der Waals surface area (Å²) in [5.74, 6) is 0.164. The zero-order valence-electron chi connectivity index (χ0n) is 16.4. The van der Waals surface area contributed by atoms with Crippen LogP contribution in [-0.2, 0) is 17.5 Å². The number of aromatic nitrogens is 2. The van der Waals surface area contributed by atoms with Crippen molar-refractivity contribution in [2.24, 2.45) is 0 Å². The topological polar surface area (TPSA) is 61.4 Å². The van der Waals surface area contributed by atoms with E-state index in [-0.39, 0.29) is 17.8 Å². The second-order valence-electron chi connectivity index (χ2n) is 7.28. The fraction of sp³-hybridized carbons (Fsp3) is 0.450. The quantitative estimate of drug-likeness (QED) is 0.821. The van der Waals surface area contributed by atoms with E-state index in [2.05, 4.69) is 20.2 Å². The van der Waals surface area contributed by atoms with Crippen LogP contribution < -0.4 is 10.2 Å². The van der Waals surface area contributed by atoms with Gasteiger partial charge in [0.1, 0.15) is 17.8 Å². The Balaban J connectivity index is 1.63. The lowest BCUT2D eigenvalue weighted by Crippen LogP contribution is -2.46. The molecule has 1 saturated heterocycles. The molecule has 0 spiro atoms. The molecule has 1 atom stereocenters. The number of rotatable bonds is 5. The maximum atomic E-state index is 12.9. The highest BCUT2D eigenvalue weighted by molar-refractivity contribution is 5.88. The maximum Gasteiger partial charge on any atom is 0.433 e. The number of benzene rings is 1. The van der Waals surface area contributed by atoms with Gasteiger partial charge in [0.25, 0.3) is 0 Å². The second kappa shape index (κ2) is 8.77. The molecule has 1 aromatic heterocycles. The van der Waals surface area contributed by atoms with E-state index in [1.54, 1.807) is 7.05 Å². The van der Waals surface area contributed by atoms with E-state index in [4.69, 9.17) is 0 Å². The van der Waals surface area contributed by atoms with Crippen LogP contribution in [0.25, 0.3) is 0 Å². The molecule has 2 heterocycles. The molecule has 0 aliphatic carbocycles. The lowest BCUT2D eigenvalue weighted by Gasteiger charge is -2.38. The number of likely N-dealkylation sites (tertiary alicyclic amines) is 1. The molecular weight excluding hydrogens is 383 g/mol. The molecule has 1 aromatic carbocycles. The van der Waals surface area contributed by atoms with Gasteiger partial charge < -0.3 is 10.2 Å². The van der Waals surface area contributed by atoms with Crippen LogP contribution in [0.1, 0.15) is 31.0 Å². The number of alkyl halides is 3. The first-order valence-corrected chi connectivity index (χ1v) is 9.43. The van der Waals surface area contributed by atoms with Crippen LogP contribution in [0.5, 0.6) is 0 Å². The largest absolute Gasteiger partial charge is 0.433 e. The number of hydrogen-bond acceptors (Lipinski definition) is 5. The SMILES string of the molecule is CC(=O)Nc1ccc(CN2CCCC(N(C)c3cc(C(F)(F)F)ncn3)C2)cc1. The summed E-state index contributed by atoms with van der Waals surface area (Å²) in [6, 6.07) is 8.74. The van der Waals surface area contributed by atoms with Gasteiger partial charge in [-0.15, -0.1) is 0 Å². The summed E-state index contributed by atoms with van der Waals surface area (Å²) in [7, 11) is 1.78. The van der Waals surface area contributed by atoms with Gasteiger partial charge in [0.05, 0.1) is 0 Å². The van der Waals surface area contributed by atoms with Gasteiger partial charge >= 0.3 is 6.18 Å². The van der Waals surface area contributed by atoms with Gasteiger partial charge in [0.15, 0.2) is 0 Å². The summed E-state index contributed by atoms with van der Waals surface area (Å²) in [5.41, 5.74) is 0.937. The lowest BCUT2D eigenvalue weighted by molar-refractivity contribution is -0.141.